The molecule has 1 unspecified atom stereocenters. The molecule has 5 nitrogen and oxygen atoms in total. The van der Waals surface area contributed by atoms with Gasteiger partial charge in [-0.15, -0.1) is 0 Å². The van der Waals surface area contributed by atoms with Gasteiger partial charge in [0.25, 0.3) is 0 Å². The van der Waals surface area contributed by atoms with Crippen molar-refractivity contribution in [3.63, 3.8) is 0 Å². The van der Waals surface area contributed by atoms with E-state index in [-0.39, 0.29) is 18.2 Å². The Kier molecular flexibility index (Phi) is 5.14. The molecule has 2 aromatic rings. The van der Waals surface area contributed by atoms with Gasteiger partial charge in [0.2, 0.25) is 11.8 Å². The van der Waals surface area contributed by atoms with E-state index in [9.17, 15) is 9.59 Å². The number of nitrogens with one attached hydrogen (secondary N) is 1. The highest BCUT2D eigenvalue weighted by Gasteiger charge is 2.35. The summed E-state index contributed by atoms with van der Waals surface area (Å²) in [6.45, 7) is 2.36. The van der Waals surface area contributed by atoms with Gasteiger partial charge in [0.1, 0.15) is 0 Å². The second-order valence-corrected chi connectivity index (χ2v) is 6.46. The molecule has 3 rings (SSSR count). The number of carbonyl (C=O) groups excluding carboxylic acids is 2. The molecular weight excluding hydrogens is 338 g/mol. The fraction of sp³-hybridized carbons (Fsp3) is 0.211. The van der Waals surface area contributed by atoms with Crippen molar-refractivity contribution >= 4 is 35.3 Å². The molecule has 0 radical (unpaired) electrons. The number of halogens is 1. The van der Waals surface area contributed by atoms with Crippen molar-refractivity contribution in [2.45, 2.75) is 13.3 Å². The van der Waals surface area contributed by atoms with E-state index < -0.39 is 5.92 Å². The monoisotopic (exact) mass is 355 g/mol. The molecule has 0 aliphatic carbocycles. The van der Waals surface area contributed by atoms with Gasteiger partial charge in [0.15, 0.2) is 0 Å². The summed E-state index contributed by atoms with van der Waals surface area (Å²) >= 11 is 5.82. The first kappa shape index (κ1) is 17.2. The zero-order chi connectivity index (χ0) is 17.8. The summed E-state index contributed by atoms with van der Waals surface area (Å²) in [7, 11) is 0. The highest BCUT2D eigenvalue weighted by molar-refractivity contribution is 6.30. The van der Waals surface area contributed by atoms with E-state index in [4.69, 9.17) is 11.6 Å². The molecule has 128 valence electrons. The summed E-state index contributed by atoms with van der Waals surface area (Å²) < 4.78 is 0. The predicted octanol–water partition coefficient (Wildman–Crippen LogP) is 3.15. The van der Waals surface area contributed by atoms with Crippen LogP contribution >= 0.6 is 11.6 Å². The van der Waals surface area contributed by atoms with Gasteiger partial charge in [-0.1, -0.05) is 41.4 Å². The first-order valence-electron chi connectivity index (χ1n) is 7.98. The van der Waals surface area contributed by atoms with Gasteiger partial charge in [-0.25, -0.2) is 5.43 Å². The van der Waals surface area contributed by atoms with E-state index in [1.54, 1.807) is 35.4 Å². The Morgan fingerprint density at radius 1 is 1.20 bits per heavy atom. The second kappa shape index (κ2) is 7.49. The topological polar surface area (TPSA) is 61.8 Å². The predicted molar refractivity (Wildman–Crippen MR) is 98.8 cm³/mol. The molecule has 1 heterocycles. The van der Waals surface area contributed by atoms with Crippen LogP contribution in [0.25, 0.3) is 0 Å². The van der Waals surface area contributed by atoms with Gasteiger partial charge in [0.05, 0.1) is 12.1 Å². The van der Waals surface area contributed by atoms with Crippen molar-refractivity contribution < 1.29 is 9.59 Å². The fourth-order valence-electron chi connectivity index (χ4n) is 2.67. The lowest BCUT2D eigenvalue weighted by atomic mass is 10.1. The second-order valence-electron chi connectivity index (χ2n) is 6.03. The highest BCUT2D eigenvalue weighted by atomic mass is 35.5. The third kappa shape index (κ3) is 4.25. The van der Waals surface area contributed by atoms with E-state index in [1.165, 1.54) is 0 Å². The van der Waals surface area contributed by atoms with Crippen LogP contribution < -0.4 is 10.3 Å². The van der Waals surface area contributed by atoms with Crippen LogP contribution in [0, 0.1) is 12.8 Å². The van der Waals surface area contributed by atoms with Gasteiger partial charge in [-0.05, 0) is 36.8 Å². The number of anilines is 1. The molecule has 0 bridgehead atoms. The average Bonchev–Trinajstić information content (AvgIpc) is 2.99. The Labute approximate surface area is 151 Å². The summed E-state index contributed by atoms with van der Waals surface area (Å²) in [5.74, 6) is -0.713. The van der Waals surface area contributed by atoms with E-state index in [0.29, 0.717) is 11.6 Å². The summed E-state index contributed by atoms with van der Waals surface area (Å²) in [5.41, 5.74) is 5.28. The molecule has 0 spiro atoms. The van der Waals surface area contributed by atoms with Gasteiger partial charge >= 0.3 is 0 Å². The summed E-state index contributed by atoms with van der Waals surface area (Å²) in [5, 5.41) is 4.59. The van der Waals surface area contributed by atoms with Crippen LogP contribution in [0.3, 0.4) is 0 Å². The Hall–Kier alpha value is -2.66. The maximum absolute atomic E-state index is 12.2. The molecule has 1 aliphatic rings. The molecule has 1 fully saturated rings. The van der Waals surface area contributed by atoms with Crippen LogP contribution in [0.15, 0.2) is 53.6 Å². The first-order valence-corrected chi connectivity index (χ1v) is 8.36. The van der Waals surface area contributed by atoms with Crippen molar-refractivity contribution in [2.24, 2.45) is 11.0 Å². The average molecular weight is 356 g/mol. The summed E-state index contributed by atoms with van der Waals surface area (Å²) in [4.78, 5) is 26.1. The Balaban J connectivity index is 1.59. The number of hydrogen-bond donors (Lipinski definition) is 1. The van der Waals surface area contributed by atoms with Gasteiger partial charge in [0, 0.05) is 23.7 Å². The van der Waals surface area contributed by atoms with E-state index >= 15 is 0 Å². The lowest BCUT2D eigenvalue weighted by Crippen LogP contribution is -2.30. The zero-order valence-electron chi connectivity index (χ0n) is 13.8. The van der Waals surface area contributed by atoms with Crippen LogP contribution in [0.1, 0.15) is 17.5 Å². The highest BCUT2D eigenvalue weighted by Crippen LogP contribution is 2.25. The maximum Gasteiger partial charge on any atom is 0.245 e. The Bertz CT molecular complexity index is 800. The van der Waals surface area contributed by atoms with E-state index in [0.717, 1.165) is 16.8 Å². The third-order valence-corrected chi connectivity index (χ3v) is 4.35. The molecule has 1 atom stereocenters. The summed E-state index contributed by atoms with van der Waals surface area (Å²) in [6, 6.07) is 14.8. The van der Waals surface area contributed by atoms with Gasteiger partial charge in [-0.2, -0.15) is 5.10 Å². The van der Waals surface area contributed by atoms with Crippen LogP contribution in [-0.4, -0.2) is 24.6 Å². The minimum absolute atomic E-state index is 0.0503. The molecule has 0 saturated carbocycles. The standard InChI is InChI=1S/C19H18ClN3O2/c1-13-2-8-17(9-3-13)23-12-15(10-18(23)24)19(25)22-21-11-14-4-6-16(20)7-5-14/h2-9,11,15H,10,12H2,1H3,(H,22,25)/b21-11+. The van der Waals surface area contributed by atoms with Crippen LogP contribution in [0.4, 0.5) is 5.69 Å². The molecule has 1 N–H and O–H groups in total. The number of hydrazone groups is 1. The number of rotatable bonds is 4. The fourth-order valence-corrected chi connectivity index (χ4v) is 2.79. The van der Waals surface area contributed by atoms with Crippen molar-refractivity contribution in [3.8, 4) is 0 Å². The smallest absolute Gasteiger partial charge is 0.245 e. The number of nitrogens with zero attached hydrogens (tertiary/aromatic N) is 2. The summed E-state index contributed by atoms with van der Waals surface area (Å²) in [6.07, 6.45) is 1.74. The van der Waals surface area contributed by atoms with Crippen molar-refractivity contribution in [3.05, 3.63) is 64.7 Å². The molecule has 1 aliphatic heterocycles. The van der Waals surface area contributed by atoms with Crippen LogP contribution in [0.5, 0.6) is 0 Å². The maximum atomic E-state index is 12.2. The van der Waals surface area contributed by atoms with Crippen molar-refractivity contribution in [1.29, 1.82) is 0 Å². The first-order chi connectivity index (χ1) is 12.0. The molecule has 6 heteroatoms. The molecule has 1 saturated heterocycles. The largest absolute Gasteiger partial charge is 0.312 e. The van der Waals surface area contributed by atoms with E-state index in [2.05, 4.69) is 10.5 Å². The van der Waals surface area contributed by atoms with Crippen LogP contribution in [-0.2, 0) is 9.59 Å². The number of hydrogen-bond acceptors (Lipinski definition) is 3. The molecule has 0 aromatic heterocycles. The lowest BCUT2D eigenvalue weighted by molar-refractivity contribution is -0.126. The minimum Gasteiger partial charge on any atom is -0.312 e. The Morgan fingerprint density at radius 2 is 1.88 bits per heavy atom. The van der Waals surface area contributed by atoms with Crippen LogP contribution in [0.2, 0.25) is 5.02 Å². The zero-order valence-corrected chi connectivity index (χ0v) is 14.5. The molecule has 2 aromatic carbocycles. The number of aryl methyl sites for hydroxylation is 1. The molecule has 25 heavy (non-hydrogen) atoms. The van der Waals surface area contributed by atoms with Crippen molar-refractivity contribution in [2.75, 3.05) is 11.4 Å². The quantitative estimate of drug-likeness (QED) is 0.676. The Morgan fingerprint density at radius 3 is 2.56 bits per heavy atom. The molecular formula is C19H18ClN3O2. The van der Waals surface area contributed by atoms with Gasteiger partial charge in [-0.3, -0.25) is 9.59 Å². The molecule has 2 amide bonds. The number of amides is 2. The third-order valence-electron chi connectivity index (χ3n) is 4.10. The van der Waals surface area contributed by atoms with E-state index in [1.807, 2.05) is 31.2 Å². The van der Waals surface area contributed by atoms with Gasteiger partial charge < -0.3 is 4.90 Å². The number of benzene rings is 2. The normalized spacial score (nSPS) is 17.3. The number of carbonyl (C=O) groups is 2. The SMILES string of the molecule is Cc1ccc(N2CC(C(=O)N/N=C/c3ccc(Cl)cc3)CC2=O)cc1. The minimum atomic E-state index is -0.406. The lowest BCUT2D eigenvalue weighted by Gasteiger charge is -2.16. The van der Waals surface area contributed by atoms with Crippen molar-refractivity contribution in [1.82, 2.24) is 5.43 Å².